The summed E-state index contributed by atoms with van der Waals surface area (Å²) in [6.45, 7) is 5.51. The van der Waals surface area contributed by atoms with E-state index in [0.717, 1.165) is 11.1 Å². The Kier molecular flexibility index (Phi) is 4.40. The fraction of sp³-hybridized carbons (Fsp3) is 0.438. The molecule has 1 fully saturated rings. The number of sulfone groups is 1. The topological polar surface area (TPSA) is 98.1 Å². The molecule has 0 radical (unpaired) electrons. The minimum Gasteiger partial charge on any atom is -0.264 e. The lowest BCUT2D eigenvalue weighted by molar-refractivity contribution is 0.503. The fourth-order valence-corrected chi connectivity index (χ4v) is 5.73. The third-order valence-electron chi connectivity index (χ3n) is 4.44. The predicted molar refractivity (Wildman–Crippen MR) is 96.0 cm³/mol. The van der Waals surface area contributed by atoms with E-state index in [0.29, 0.717) is 12.1 Å². The molecule has 25 heavy (non-hydrogen) atoms. The number of sulfonamides is 1. The highest BCUT2D eigenvalue weighted by Gasteiger charge is 2.32. The van der Waals surface area contributed by atoms with Crippen LogP contribution in [-0.4, -0.2) is 38.1 Å². The molecule has 0 amide bonds. The monoisotopic (exact) mass is 383 g/mol. The molecule has 1 atom stereocenters. The van der Waals surface area contributed by atoms with Gasteiger partial charge in [0.2, 0.25) is 0 Å². The molecular formula is C16H21N3O4S2. The highest BCUT2D eigenvalue weighted by Crippen LogP contribution is 2.28. The summed E-state index contributed by atoms with van der Waals surface area (Å²) in [7, 11) is -6.88. The van der Waals surface area contributed by atoms with Gasteiger partial charge in [0.05, 0.1) is 28.1 Å². The van der Waals surface area contributed by atoms with Crippen LogP contribution in [0.1, 0.15) is 29.3 Å². The maximum absolute atomic E-state index is 12.7. The third kappa shape index (κ3) is 3.72. The molecule has 7 nitrogen and oxygen atoms in total. The van der Waals surface area contributed by atoms with Gasteiger partial charge in [0, 0.05) is 6.07 Å². The zero-order valence-electron chi connectivity index (χ0n) is 14.4. The average Bonchev–Trinajstić information content (AvgIpc) is 3.03. The van der Waals surface area contributed by atoms with Crippen LogP contribution in [0.2, 0.25) is 0 Å². The molecule has 3 rings (SSSR count). The Morgan fingerprint density at radius 3 is 2.48 bits per heavy atom. The first-order valence-corrected chi connectivity index (χ1v) is 11.2. The van der Waals surface area contributed by atoms with Crippen molar-refractivity contribution in [1.29, 1.82) is 0 Å². The second kappa shape index (κ2) is 6.14. The summed E-state index contributed by atoms with van der Waals surface area (Å²) in [4.78, 5) is 0.167. The van der Waals surface area contributed by atoms with E-state index >= 15 is 0 Å². The van der Waals surface area contributed by atoms with E-state index in [-0.39, 0.29) is 28.3 Å². The van der Waals surface area contributed by atoms with E-state index in [1.54, 1.807) is 31.2 Å². The molecule has 0 bridgehead atoms. The smallest absolute Gasteiger partial charge is 0.263 e. The van der Waals surface area contributed by atoms with Crippen LogP contribution in [0, 0.1) is 20.8 Å². The van der Waals surface area contributed by atoms with E-state index < -0.39 is 19.9 Å². The lowest BCUT2D eigenvalue weighted by Crippen LogP contribution is -2.20. The number of rotatable bonds is 4. The van der Waals surface area contributed by atoms with Crippen LogP contribution in [0.25, 0.3) is 0 Å². The minimum absolute atomic E-state index is 0.0213. The molecule has 1 N–H and O–H groups in total. The Hall–Kier alpha value is -1.87. The van der Waals surface area contributed by atoms with Crippen molar-refractivity contribution in [1.82, 2.24) is 9.78 Å². The number of hydrogen-bond donors (Lipinski definition) is 1. The summed E-state index contributed by atoms with van der Waals surface area (Å²) < 4.78 is 52.9. The van der Waals surface area contributed by atoms with Gasteiger partial charge < -0.3 is 0 Å². The van der Waals surface area contributed by atoms with Gasteiger partial charge in [-0.05, 0) is 50.5 Å². The van der Waals surface area contributed by atoms with Crippen LogP contribution in [0.5, 0.6) is 0 Å². The van der Waals surface area contributed by atoms with Crippen molar-refractivity contribution in [2.24, 2.45) is 0 Å². The molecule has 1 aromatic heterocycles. The van der Waals surface area contributed by atoms with E-state index in [2.05, 4.69) is 9.82 Å². The second-order valence-electron chi connectivity index (χ2n) is 6.52. The molecule has 9 heteroatoms. The van der Waals surface area contributed by atoms with Crippen molar-refractivity contribution >= 4 is 25.7 Å². The van der Waals surface area contributed by atoms with Gasteiger partial charge in [-0.15, -0.1) is 0 Å². The Morgan fingerprint density at radius 2 is 1.88 bits per heavy atom. The highest BCUT2D eigenvalue weighted by atomic mass is 32.2. The molecule has 0 saturated carbocycles. The van der Waals surface area contributed by atoms with Gasteiger partial charge in [0.25, 0.3) is 10.0 Å². The van der Waals surface area contributed by atoms with Crippen molar-refractivity contribution < 1.29 is 16.8 Å². The summed E-state index contributed by atoms with van der Waals surface area (Å²) in [6.07, 6.45) is 0.432. The molecule has 1 saturated heterocycles. The maximum atomic E-state index is 12.7. The first kappa shape index (κ1) is 17.9. The van der Waals surface area contributed by atoms with Crippen LogP contribution >= 0.6 is 0 Å². The number of benzene rings is 1. The van der Waals surface area contributed by atoms with Crippen LogP contribution in [0.15, 0.2) is 29.2 Å². The second-order valence-corrected chi connectivity index (χ2v) is 10.4. The van der Waals surface area contributed by atoms with Crippen LogP contribution in [0.4, 0.5) is 5.82 Å². The van der Waals surface area contributed by atoms with Gasteiger partial charge in [-0.1, -0.05) is 6.07 Å². The molecular weight excluding hydrogens is 362 g/mol. The fourth-order valence-electron chi connectivity index (χ4n) is 2.92. The molecule has 1 aliphatic rings. The summed E-state index contributed by atoms with van der Waals surface area (Å²) >= 11 is 0. The van der Waals surface area contributed by atoms with Crippen molar-refractivity contribution in [3.8, 4) is 0 Å². The zero-order chi connectivity index (χ0) is 18.4. The van der Waals surface area contributed by atoms with Crippen LogP contribution in [0.3, 0.4) is 0 Å². The predicted octanol–water partition coefficient (Wildman–Crippen LogP) is 1.97. The quantitative estimate of drug-likeness (QED) is 0.870. The standard InChI is InChI=1S/C16H21N3O4S2/c1-11-4-5-15(8-12(11)2)25(22,23)18-16-9-13(3)17-19(16)14-6-7-24(20,21)10-14/h4-5,8-9,14,18H,6-7,10H2,1-3H3/t14-/m1/s1. The highest BCUT2D eigenvalue weighted by molar-refractivity contribution is 7.92. The maximum Gasteiger partial charge on any atom is 0.263 e. The Bertz CT molecular complexity index is 1020. The number of hydrogen-bond acceptors (Lipinski definition) is 5. The number of nitrogens with one attached hydrogen (secondary N) is 1. The summed E-state index contributed by atoms with van der Waals surface area (Å²) in [6, 6.07) is 6.19. The van der Waals surface area contributed by atoms with Gasteiger partial charge in [0.1, 0.15) is 5.82 Å². The molecule has 2 aromatic rings. The molecule has 0 aliphatic carbocycles. The summed E-state index contributed by atoms with van der Waals surface area (Å²) in [5.74, 6) is 0.365. The Balaban J connectivity index is 1.94. The molecule has 0 unspecified atom stereocenters. The van der Waals surface area contributed by atoms with Gasteiger partial charge >= 0.3 is 0 Å². The van der Waals surface area contributed by atoms with Gasteiger partial charge in [-0.25, -0.2) is 21.5 Å². The normalized spacial score (nSPS) is 19.9. The Labute approximate surface area is 148 Å². The van der Waals surface area contributed by atoms with E-state index in [1.807, 2.05) is 13.8 Å². The van der Waals surface area contributed by atoms with Crippen LogP contribution < -0.4 is 4.72 Å². The number of aryl methyl sites for hydroxylation is 3. The lowest BCUT2D eigenvalue weighted by atomic mass is 10.1. The zero-order valence-corrected chi connectivity index (χ0v) is 16.0. The van der Waals surface area contributed by atoms with E-state index in [9.17, 15) is 16.8 Å². The van der Waals surface area contributed by atoms with Crippen molar-refractivity contribution in [3.05, 3.63) is 41.1 Å². The number of nitrogens with zero attached hydrogens (tertiary/aromatic N) is 2. The molecule has 136 valence electrons. The van der Waals surface area contributed by atoms with Crippen molar-refractivity contribution in [2.45, 2.75) is 38.1 Å². The molecule has 1 aromatic carbocycles. The summed E-state index contributed by atoms with van der Waals surface area (Å²) in [5.41, 5.74) is 2.52. The largest absolute Gasteiger partial charge is 0.264 e. The van der Waals surface area contributed by atoms with E-state index in [4.69, 9.17) is 0 Å². The molecule has 2 heterocycles. The number of aromatic nitrogens is 2. The minimum atomic E-state index is -3.78. The third-order valence-corrected chi connectivity index (χ3v) is 7.54. The van der Waals surface area contributed by atoms with E-state index in [1.165, 1.54) is 4.68 Å². The van der Waals surface area contributed by atoms with Crippen molar-refractivity contribution in [3.63, 3.8) is 0 Å². The average molecular weight is 383 g/mol. The summed E-state index contributed by atoms with van der Waals surface area (Å²) in [5, 5.41) is 4.29. The first-order valence-electron chi connectivity index (χ1n) is 7.94. The van der Waals surface area contributed by atoms with Crippen molar-refractivity contribution in [2.75, 3.05) is 16.2 Å². The van der Waals surface area contributed by atoms with Gasteiger partial charge in [0.15, 0.2) is 9.84 Å². The van der Waals surface area contributed by atoms with Gasteiger partial charge in [-0.2, -0.15) is 5.10 Å². The van der Waals surface area contributed by atoms with Gasteiger partial charge in [-0.3, -0.25) is 4.72 Å². The SMILES string of the molecule is Cc1cc(NS(=O)(=O)c2ccc(C)c(C)c2)n([C@@H]2CCS(=O)(=O)C2)n1. The Morgan fingerprint density at radius 1 is 1.16 bits per heavy atom. The molecule has 0 spiro atoms. The first-order chi connectivity index (χ1) is 11.6. The van der Waals surface area contributed by atoms with Crippen LogP contribution in [-0.2, 0) is 19.9 Å². The molecule has 1 aliphatic heterocycles. The number of anilines is 1. The lowest BCUT2D eigenvalue weighted by Gasteiger charge is -2.15.